The van der Waals surface area contributed by atoms with Crippen molar-refractivity contribution in [3.8, 4) is 0 Å². The van der Waals surface area contributed by atoms with Crippen molar-refractivity contribution in [3.05, 3.63) is 23.4 Å². The first-order valence-electron chi connectivity index (χ1n) is 7.87. The molecule has 0 aliphatic rings. The summed E-state index contributed by atoms with van der Waals surface area (Å²) in [6.07, 6.45) is 2.44. The molecule has 1 rings (SSSR count). The monoisotopic (exact) mass is 296 g/mol. The van der Waals surface area contributed by atoms with Gasteiger partial charge in [-0.15, -0.1) is 11.6 Å². The van der Waals surface area contributed by atoms with Gasteiger partial charge >= 0.3 is 0 Å². The van der Waals surface area contributed by atoms with Crippen molar-refractivity contribution in [2.24, 2.45) is 5.92 Å². The summed E-state index contributed by atoms with van der Waals surface area (Å²) in [4.78, 5) is 7.23. The molecule has 0 aliphatic carbocycles. The number of rotatable bonds is 8. The van der Waals surface area contributed by atoms with Crippen LogP contribution in [0.1, 0.15) is 64.6 Å². The van der Waals surface area contributed by atoms with Crippen molar-refractivity contribution < 1.29 is 0 Å². The minimum absolute atomic E-state index is 0.434. The Morgan fingerprint density at radius 2 is 1.80 bits per heavy atom. The lowest BCUT2D eigenvalue weighted by atomic mass is 10.0. The molecule has 114 valence electrons. The number of anilines is 1. The number of hydrogen-bond acceptors (Lipinski definition) is 2. The van der Waals surface area contributed by atoms with Crippen molar-refractivity contribution in [1.82, 2.24) is 4.98 Å². The Morgan fingerprint density at radius 1 is 1.15 bits per heavy atom. The van der Waals surface area contributed by atoms with Gasteiger partial charge < -0.3 is 4.90 Å². The van der Waals surface area contributed by atoms with Crippen LogP contribution < -0.4 is 4.90 Å². The van der Waals surface area contributed by atoms with E-state index in [1.165, 1.54) is 18.4 Å². The summed E-state index contributed by atoms with van der Waals surface area (Å²) in [5.41, 5.74) is 2.31. The zero-order chi connectivity index (χ0) is 15.1. The molecule has 0 spiro atoms. The second-order valence-corrected chi connectivity index (χ2v) is 6.04. The third-order valence-corrected chi connectivity index (χ3v) is 4.28. The van der Waals surface area contributed by atoms with Gasteiger partial charge in [0.25, 0.3) is 0 Å². The van der Waals surface area contributed by atoms with Crippen LogP contribution in [-0.2, 0) is 5.88 Å². The fourth-order valence-corrected chi connectivity index (χ4v) is 2.53. The maximum absolute atomic E-state index is 6.04. The molecule has 0 bridgehead atoms. The molecule has 1 aromatic heterocycles. The molecule has 0 N–H and O–H groups in total. The van der Waals surface area contributed by atoms with Gasteiger partial charge in [-0.25, -0.2) is 4.98 Å². The molecule has 3 heteroatoms. The van der Waals surface area contributed by atoms with Gasteiger partial charge in [-0.2, -0.15) is 0 Å². The van der Waals surface area contributed by atoms with Crippen LogP contribution in [-0.4, -0.2) is 18.1 Å². The van der Waals surface area contributed by atoms with E-state index in [4.69, 9.17) is 16.6 Å². The predicted molar refractivity (Wildman–Crippen MR) is 89.8 cm³/mol. The van der Waals surface area contributed by atoms with E-state index in [1.54, 1.807) is 0 Å². The zero-order valence-corrected chi connectivity index (χ0v) is 14.4. The molecule has 0 aliphatic heterocycles. The summed E-state index contributed by atoms with van der Waals surface area (Å²) >= 11 is 6.04. The van der Waals surface area contributed by atoms with Crippen molar-refractivity contribution in [3.63, 3.8) is 0 Å². The molecule has 0 amide bonds. The van der Waals surface area contributed by atoms with E-state index in [9.17, 15) is 0 Å². The van der Waals surface area contributed by atoms with Crippen molar-refractivity contribution in [2.75, 3.05) is 18.0 Å². The number of aromatic nitrogens is 1. The quantitative estimate of drug-likeness (QED) is 0.612. The number of halogens is 1. The van der Waals surface area contributed by atoms with Gasteiger partial charge in [0.1, 0.15) is 5.82 Å². The lowest BCUT2D eigenvalue weighted by molar-refractivity contribution is 0.484. The van der Waals surface area contributed by atoms with E-state index >= 15 is 0 Å². The summed E-state index contributed by atoms with van der Waals surface area (Å²) in [7, 11) is 0. The molecule has 0 saturated carbocycles. The van der Waals surface area contributed by atoms with Crippen molar-refractivity contribution in [1.29, 1.82) is 0 Å². The number of nitrogens with zero attached hydrogens (tertiary/aromatic N) is 2. The molecular weight excluding hydrogens is 268 g/mol. The molecule has 20 heavy (non-hydrogen) atoms. The average molecular weight is 297 g/mol. The highest BCUT2D eigenvalue weighted by atomic mass is 35.5. The minimum atomic E-state index is 0.434. The van der Waals surface area contributed by atoms with Crippen LogP contribution >= 0.6 is 11.6 Å². The Hall–Kier alpha value is -0.760. The molecule has 0 atom stereocenters. The van der Waals surface area contributed by atoms with E-state index in [2.05, 4.69) is 51.7 Å². The highest BCUT2D eigenvalue weighted by Gasteiger charge is 2.14. The first-order chi connectivity index (χ1) is 9.55. The smallest absolute Gasteiger partial charge is 0.129 e. The highest BCUT2D eigenvalue weighted by Crippen LogP contribution is 2.23. The average Bonchev–Trinajstić information content (AvgIpc) is 2.48. The molecule has 0 aromatic carbocycles. The predicted octanol–water partition coefficient (Wildman–Crippen LogP) is 5.21. The molecule has 0 saturated heterocycles. The summed E-state index contributed by atoms with van der Waals surface area (Å²) < 4.78 is 0. The summed E-state index contributed by atoms with van der Waals surface area (Å²) in [6, 6.07) is 4.27. The normalized spacial score (nSPS) is 11.4. The van der Waals surface area contributed by atoms with Gasteiger partial charge in [0.15, 0.2) is 0 Å². The summed E-state index contributed by atoms with van der Waals surface area (Å²) in [5.74, 6) is 2.81. The Labute approximate surface area is 129 Å². The Bertz CT molecular complexity index is 400. The van der Waals surface area contributed by atoms with Crippen LogP contribution in [0.3, 0.4) is 0 Å². The van der Waals surface area contributed by atoms with Crippen LogP contribution in [0.25, 0.3) is 0 Å². The van der Waals surface area contributed by atoms with E-state index in [1.807, 2.05) is 0 Å². The lowest BCUT2D eigenvalue weighted by Gasteiger charge is -2.27. The number of alkyl halides is 1. The third kappa shape index (κ3) is 4.66. The zero-order valence-electron chi connectivity index (χ0n) is 13.6. The Morgan fingerprint density at radius 3 is 2.25 bits per heavy atom. The second-order valence-electron chi connectivity index (χ2n) is 5.77. The van der Waals surface area contributed by atoms with E-state index in [0.29, 0.717) is 11.8 Å². The first-order valence-corrected chi connectivity index (χ1v) is 8.40. The summed E-state index contributed by atoms with van der Waals surface area (Å²) in [6.45, 7) is 13.2. The van der Waals surface area contributed by atoms with Crippen molar-refractivity contribution in [2.45, 2.75) is 59.3 Å². The maximum atomic E-state index is 6.04. The van der Waals surface area contributed by atoms with E-state index in [0.717, 1.165) is 30.5 Å². The van der Waals surface area contributed by atoms with Crippen LogP contribution in [0.15, 0.2) is 12.1 Å². The van der Waals surface area contributed by atoms with E-state index < -0.39 is 0 Å². The third-order valence-electron chi connectivity index (χ3n) is 3.98. The Balaban J connectivity index is 3.04. The van der Waals surface area contributed by atoms with Gasteiger partial charge in [-0.05, 0) is 36.5 Å². The molecule has 1 aromatic rings. The van der Waals surface area contributed by atoms with E-state index in [-0.39, 0.29) is 0 Å². The van der Waals surface area contributed by atoms with Crippen LogP contribution in [0, 0.1) is 5.92 Å². The molecule has 0 fully saturated rings. The standard InChI is InChI=1S/C17H29ClN2/c1-6-14(7-2)12-20(8-3)17-10-15(11-18)9-16(19-17)13(4)5/h9-10,13-14H,6-8,11-12H2,1-5H3. The second kappa shape index (κ2) is 8.51. The number of hydrogen-bond donors (Lipinski definition) is 0. The van der Waals surface area contributed by atoms with Crippen LogP contribution in [0.5, 0.6) is 0 Å². The van der Waals surface area contributed by atoms with Crippen LogP contribution in [0.2, 0.25) is 0 Å². The fraction of sp³-hybridized carbons (Fsp3) is 0.706. The van der Waals surface area contributed by atoms with Gasteiger partial charge in [0.05, 0.1) is 0 Å². The lowest BCUT2D eigenvalue weighted by Crippen LogP contribution is -2.30. The van der Waals surface area contributed by atoms with Crippen molar-refractivity contribution >= 4 is 17.4 Å². The molecule has 0 unspecified atom stereocenters. The topological polar surface area (TPSA) is 16.1 Å². The minimum Gasteiger partial charge on any atom is -0.357 e. The van der Waals surface area contributed by atoms with Gasteiger partial charge in [0, 0.05) is 24.7 Å². The Kier molecular flexibility index (Phi) is 7.36. The maximum Gasteiger partial charge on any atom is 0.129 e. The van der Waals surface area contributed by atoms with Gasteiger partial charge in [-0.1, -0.05) is 40.5 Å². The number of pyridine rings is 1. The first kappa shape index (κ1) is 17.3. The van der Waals surface area contributed by atoms with Gasteiger partial charge in [0.2, 0.25) is 0 Å². The molecule has 0 radical (unpaired) electrons. The largest absolute Gasteiger partial charge is 0.357 e. The van der Waals surface area contributed by atoms with Gasteiger partial charge in [-0.3, -0.25) is 0 Å². The summed E-state index contributed by atoms with van der Waals surface area (Å²) in [5, 5.41) is 0. The fourth-order valence-electron chi connectivity index (χ4n) is 2.37. The highest BCUT2D eigenvalue weighted by molar-refractivity contribution is 6.17. The molecule has 2 nitrogen and oxygen atoms in total. The SMILES string of the molecule is CCC(CC)CN(CC)c1cc(CCl)cc(C(C)C)n1. The molecular formula is C17H29ClN2. The van der Waals surface area contributed by atoms with Crippen LogP contribution in [0.4, 0.5) is 5.82 Å². The molecule has 1 heterocycles.